The SMILES string of the molecule is Cn1cnnc1-c1cc2nccc(Oc3ccc(NC(=S)NC(=O)Cc4ccccc4)cc3F)c2s1. The largest absolute Gasteiger partial charge is 0.453 e. The molecule has 11 heteroatoms. The number of nitrogens with zero attached hydrogens (tertiary/aromatic N) is 4. The van der Waals surface area contributed by atoms with Crippen LogP contribution in [-0.2, 0) is 18.3 Å². The summed E-state index contributed by atoms with van der Waals surface area (Å²) in [6.45, 7) is 0. The van der Waals surface area contributed by atoms with E-state index in [9.17, 15) is 9.18 Å². The van der Waals surface area contributed by atoms with Gasteiger partial charge in [-0.2, -0.15) is 0 Å². The zero-order valence-corrected chi connectivity index (χ0v) is 20.6. The molecule has 3 heterocycles. The Labute approximate surface area is 214 Å². The highest BCUT2D eigenvalue weighted by molar-refractivity contribution is 7.80. The Morgan fingerprint density at radius 2 is 1.97 bits per heavy atom. The number of ether oxygens (including phenoxy) is 1. The Bertz CT molecular complexity index is 1570. The molecule has 180 valence electrons. The number of thiocarbonyl (C=S) groups is 1. The van der Waals surface area contributed by atoms with Gasteiger partial charge in [0.25, 0.3) is 0 Å². The minimum Gasteiger partial charge on any atom is -0.453 e. The smallest absolute Gasteiger partial charge is 0.230 e. The van der Waals surface area contributed by atoms with Gasteiger partial charge in [0.15, 0.2) is 22.5 Å². The quantitative estimate of drug-likeness (QED) is 0.303. The number of rotatable bonds is 6. The summed E-state index contributed by atoms with van der Waals surface area (Å²) in [5.74, 6) is 0.366. The van der Waals surface area contributed by atoms with Crippen LogP contribution in [0.25, 0.3) is 20.9 Å². The van der Waals surface area contributed by atoms with Gasteiger partial charge in [0.05, 0.1) is 21.5 Å². The van der Waals surface area contributed by atoms with E-state index in [0.717, 1.165) is 15.1 Å². The van der Waals surface area contributed by atoms with Crippen LogP contribution in [0.1, 0.15) is 5.56 Å². The van der Waals surface area contributed by atoms with Crippen molar-refractivity contribution in [3.8, 4) is 22.2 Å². The van der Waals surface area contributed by atoms with E-state index in [4.69, 9.17) is 17.0 Å². The predicted octanol–water partition coefficient (Wildman–Crippen LogP) is 5.08. The Morgan fingerprint density at radius 1 is 1.14 bits per heavy atom. The molecule has 0 radical (unpaired) electrons. The van der Waals surface area contributed by atoms with E-state index in [0.29, 0.717) is 22.8 Å². The van der Waals surface area contributed by atoms with Crippen molar-refractivity contribution >= 4 is 50.5 Å². The predicted molar refractivity (Wildman–Crippen MR) is 141 cm³/mol. The van der Waals surface area contributed by atoms with E-state index in [-0.39, 0.29) is 23.2 Å². The Kier molecular flexibility index (Phi) is 6.65. The number of benzene rings is 2. The van der Waals surface area contributed by atoms with Crippen LogP contribution in [0.5, 0.6) is 11.5 Å². The van der Waals surface area contributed by atoms with Crippen molar-refractivity contribution in [3.63, 3.8) is 0 Å². The first kappa shape index (κ1) is 23.5. The van der Waals surface area contributed by atoms with E-state index < -0.39 is 5.82 Å². The van der Waals surface area contributed by atoms with Gasteiger partial charge in [-0.15, -0.1) is 21.5 Å². The molecule has 2 aromatic carbocycles. The van der Waals surface area contributed by atoms with Crippen molar-refractivity contribution in [1.82, 2.24) is 25.1 Å². The van der Waals surface area contributed by atoms with Gasteiger partial charge in [0.2, 0.25) is 5.91 Å². The number of carbonyl (C=O) groups is 1. The third kappa shape index (κ3) is 5.21. The first-order valence-electron chi connectivity index (χ1n) is 10.8. The molecule has 0 spiro atoms. The third-order valence-electron chi connectivity index (χ3n) is 5.18. The van der Waals surface area contributed by atoms with Gasteiger partial charge < -0.3 is 19.9 Å². The first-order valence-corrected chi connectivity index (χ1v) is 12.0. The lowest BCUT2D eigenvalue weighted by Gasteiger charge is -2.12. The summed E-state index contributed by atoms with van der Waals surface area (Å²) in [6.07, 6.45) is 3.41. The second kappa shape index (κ2) is 10.2. The monoisotopic (exact) mass is 518 g/mol. The number of aryl methyl sites for hydroxylation is 1. The number of anilines is 1. The van der Waals surface area contributed by atoms with Crippen LogP contribution in [0.4, 0.5) is 10.1 Å². The standard InChI is InChI=1S/C25H19FN6O2S2/c1-32-14-28-31-24(32)21-13-18-23(36-21)20(9-10-27-18)34-19-8-7-16(12-17(19)26)29-25(35)30-22(33)11-15-5-3-2-4-6-15/h2-10,12-14H,11H2,1H3,(H2,29,30,33,35). The summed E-state index contributed by atoms with van der Waals surface area (Å²) in [5, 5.41) is 13.5. The van der Waals surface area contributed by atoms with Gasteiger partial charge in [-0.3, -0.25) is 9.78 Å². The summed E-state index contributed by atoms with van der Waals surface area (Å²) >= 11 is 6.63. The van der Waals surface area contributed by atoms with Crippen molar-refractivity contribution in [2.45, 2.75) is 6.42 Å². The number of hydrogen-bond acceptors (Lipinski definition) is 7. The Hall–Kier alpha value is -4.22. The Morgan fingerprint density at radius 3 is 2.72 bits per heavy atom. The van der Waals surface area contributed by atoms with Gasteiger partial charge >= 0.3 is 0 Å². The van der Waals surface area contributed by atoms with E-state index in [1.807, 2.05) is 48.0 Å². The molecule has 2 N–H and O–H groups in total. The van der Waals surface area contributed by atoms with Crippen molar-refractivity contribution in [2.24, 2.45) is 7.05 Å². The van der Waals surface area contributed by atoms with Crippen molar-refractivity contribution in [2.75, 3.05) is 5.32 Å². The van der Waals surface area contributed by atoms with Crippen molar-refractivity contribution in [1.29, 1.82) is 0 Å². The molecule has 0 saturated carbocycles. The number of amides is 1. The summed E-state index contributed by atoms with van der Waals surface area (Å²) < 4.78 is 23.4. The van der Waals surface area contributed by atoms with Crippen molar-refractivity contribution < 1.29 is 13.9 Å². The highest BCUT2D eigenvalue weighted by Crippen LogP contribution is 2.39. The van der Waals surface area contributed by atoms with Crippen LogP contribution in [-0.4, -0.2) is 30.8 Å². The van der Waals surface area contributed by atoms with Crippen LogP contribution >= 0.6 is 23.6 Å². The van der Waals surface area contributed by atoms with Gasteiger partial charge in [0.1, 0.15) is 12.1 Å². The maximum Gasteiger partial charge on any atom is 0.230 e. The van der Waals surface area contributed by atoms with Gasteiger partial charge in [-0.05, 0) is 36.0 Å². The van der Waals surface area contributed by atoms with Crippen LogP contribution < -0.4 is 15.4 Å². The number of carbonyl (C=O) groups excluding carboxylic acids is 1. The first-order chi connectivity index (χ1) is 17.5. The molecular formula is C25H19FN6O2S2. The number of nitrogens with one attached hydrogen (secondary N) is 2. The molecular weight excluding hydrogens is 499 g/mol. The minimum absolute atomic E-state index is 0.0423. The number of aromatic nitrogens is 4. The average molecular weight is 519 g/mol. The second-order valence-corrected chi connectivity index (χ2v) is 9.27. The number of hydrogen-bond donors (Lipinski definition) is 2. The van der Waals surface area contributed by atoms with E-state index in [1.54, 1.807) is 24.7 Å². The van der Waals surface area contributed by atoms with E-state index in [2.05, 4.69) is 25.8 Å². The molecule has 0 saturated heterocycles. The topological polar surface area (TPSA) is 94.0 Å². The molecule has 1 amide bonds. The molecule has 0 unspecified atom stereocenters. The lowest BCUT2D eigenvalue weighted by molar-refractivity contribution is -0.119. The average Bonchev–Trinajstić information content (AvgIpc) is 3.47. The molecule has 3 aromatic heterocycles. The zero-order chi connectivity index (χ0) is 25.1. The highest BCUT2D eigenvalue weighted by Gasteiger charge is 2.15. The molecule has 0 aliphatic rings. The number of pyridine rings is 1. The fourth-order valence-corrected chi connectivity index (χ4v) is 4.83. The molecule has 5 aromatic rings. The molecule has 0 bridgehead atoms. The molecule has 5 rings (SSSR count). The van der Waals surface area contributed by atoms with Gasteiger partial charge in [-0.25, -0.2) is 4.39 Å². The van der Waals surface area contributed by atoms with Crippen LogP contribution in [0.3, 0.4) is 0 Å². The van der Waals surface area contributed by atoms with E-state index >= 15 is 0 Å². The molecule has 8 nitrogen and oxygen atoms in total. The lowest BCUT2D eigenvalue weighted by atomic mass is 10.1. The van der Waals surface area contributed by atoms with Gasteiger partial charge in [0, 0.05) is 31.1 Å². The molecule has 0 aliphatic heterocycles. The maximum atomic E-state index is 14.9. The minimum atomic E-state index is -0.589. The highest BCUT2D eigenvalue weighted by atomic mass is 32.1. The second-order valence-electron chi connectivity index (χ2n) is 7.81. The lowest BCUT2D eigenvalue weighted by Crippen LogP contribution is -2.35. The zero-order valence-electron chi connectivity index (χ0n) is 18.9. The van der Waals surface area contributed by atoms with Crippen LogP contribution in [0, 0.1) is 5.82 Å². The van der Waals surface area contributed by atoms with Crippen LogP contribution in [0.2, 0.25) is 0 Å². The summed E-state index contributed by atoms with van der Waals surface area (Å²) in [4.78, 5) is 17.4. The third-order valence-corrected chi connectivity index (χ3v) is 6.52. The molecule has 36 heavy (non-hydrogen) atoms. The molecule has 0 aliphatic carbocycles. The van der Waals surface area contributed by atoms with Gasteiger partial charge in [-0.1, -0.05) is 30.3 Å². The maximum absolute atomic E-state index is 14.9. The van der Waals surface area contributed by atoms with Crippen LogP contribution in [0.15, 0.2) is 73.2 Å². The summed E-state index contributed by atoms with van der Waals surface area (Å²) in [6, 6.07) is 17.3. The fourth-order valence-electron chi connectivity index (χ4n) is 3.51. The number of halogens is 1. The molecule has 0 fully saturated rings. The summed E-state index contributed by atoms with van der Waals surface area (Å²) in [5.41, 5.74) is 1.96. The Balaban J connectivity index is 1.27. The van der Waals surface area contributed by atoms with Crippen molar-refractivity contribution in [3.05, 3.63) is 84.6 Å². The normalized spacial score (nSPS) is 10.8. The number of thiophene rings is 1. The van der Waals surface area contributed by atoms with E-state index in [1.165, 1.54) is 23.5 Å². The summed E-state index contributed by atoms with van der Waals surface area (Å²) in [7, 11) is 1.86. The fraction of sp³-hybridized carbons (Fsp3) is 0.0800. The number of fused-ring (bicyclic) bond motifs is 1. The molecule has 0 atom stereocenters.